The number of carbonyl (C=O) groups is 1. The van der Waals surface area contributed by atoms with Gasteiger partial charge in [0.15, 0.2) is 11.6 Å². The van der Waals surface area contributed by atoms with Gasteiger partial charge in [-0.3, -0.25) is 4.79 Å². The molecule has 0 aliphatic heterocycles. The number of amides is 1. The molecule has 0 saturated carbocycles. The van der Waals surface area contributed by atoms with E-state index in [1.165, 1.54) is 19.2 Å². The molecule has 0 saturated heterocycles. The van der Waals surface area contributed by atoms with Crippen LogP contribution in [0.4, 0.5) is 15.8 Å². The molecule has 0 unspecified atom stereocenters. The molecule has 0 atom stereocenters. The zero-order chi connectivity index (χ0) is 15.2. The van der Waals surface area contributed by atoms with Crippen molar-refractivity contribution < 1.29 is 13.9 Å². The number of methoxy groups -OCH3 is 1. The first-order valence-corrected chi connectivity index (χ1v) is 6.56. The maximum absolute atomic E-state index is 13.5. The highest BCUT2D eigenvalue weighted by molar-refractivity contribution is 5.90. The molecule has 21 heavy (non-hydrogen) atoms. The van der Waals surface area contributed by atoms with Crippen LogP contribution in [0.3, 0.4) is 0 Å². The number of aryl methyl sites for hydroxylation is 1. The zero-order valence-electron chi connectivity index (χ0n) is 11.7. The molecule has 0 bridgehead atoms. The molecule has 5 heteroatoms. The van der Waals surface area contributed by atoms with E-state index in [9.17, 15) is 9.18 Å². The Hall–Kier alpha value is -2.56. The van der Waals surface area contributed by atoms with Gasteiger partial charge in [0.05, 0.1) is 7.11 Å². The number of nitrogens with two attached hydrogens (primary N) is 1. The molecule has 2 rings (SSSR count). The topological polar surface area (TPSA) is 64.3 Å². The van der Waals surface area contributed by atoms with Crippen molar-refractivity contribution in [2.75, 3.05) is 18.2 Å². The van der Waals surface area contributed by atoms with Crippen LogP contribution in [0.15, 0.2) is 42.5 Å². The van der Waals surface area contributed by atoms with Crippen LogP contribution < -0.4 is 15.8 Å². The number of anilines is 2. The standard InChI is InChI=1S/C16H17FN2O2/c1-21-15-8-7-13(10-14(15)17)19-16(20)9-4-11-2-5-12(18)6-3-11/h2-3,5-8,10H,4,9,18H2,1H3,(H,19,20). The molecule has 4 nitrogen and oxygen atoms in total. The molecule has 0 aliphatic carbocycles. The fourth-order valence-electron chi connectivity index (χ4n) is 1.91. The summed E-state index contributed by atoms with van der Waals surface area (Å²) in [5, 5.41) is 2.66. The van der Waals surface area contributed by atoms with Gasteiger partial charge in [0.25, 0.3) is 0 Å². The third kappa shape index (κ3) is 4.21. The van der Waals surface area contributed by atoms with E-state index < -0.39 is 5.82 Å². The van der Waals surface area contributed by atoms with E-state index in [-0.39, 0.29) is 11.7 Å². The lowest BCUT2D eigenvalue weighted by Gasteiger charge is -2.07. The molecule has 2 aromatic carbocycles. The molecule has 0 aromatic heterocycles. The van der Waals surface area contributed by atoms with Crippen molar-refractivity contribution in [2.45, 2.75) is 12.8 Å². The van der Waals surface area contributed by atoms with Crippen molar-refractivity contribution in [1.29, 1.82) is 0 Å². The van der Waals surface area contributed by atoms with E-state index in [0.717, 1.165) is 5.56 Å². The van der Waals surface area contributed by atoms with Gasteiger partial charge in [0.2, 0.25) is 5.91 Å². The molecule has 3 N–H and O–H groups in total. The number of hydrogen-bond donors (Lipinski definition) is 2. The van der Waals surface area contributed by atoms with E-state index in [2.05, 4.69) is 5.32 Å². The number of nitrogen functional groups attached to an aromatic ring is 1. The maximum atomic E-state index is 13.5. The summed E-state index contributed by atoms with van der Waals surface area (Å²) in [5.41, 5.74) is 7.73. The van der Waals surface area contributed by atoms with Crippen molar-refractivity contribution >= 4 is 17.3 Å². The maximum Gasteiger partial charge on any atom is 0.224 e. The van der Waals surface area contributed by atoms with E-state index in [1.807, 2.05) is 12.1 Å². The monoisotopic (exact) mass is 288 g/mol. The minimum absolute atomic E-state index is 0.148. The highest BCUT2D eigenvalue weighted by Crippen LogP contribution is 2.20. The summed E-state index contributed by atoms with van der Waals surface area (Å²) in [6.45, 7) is 0. The fraction of sp³-hybridized carbons (Fsp3) is 0.188. The molecular formula is C16H17FN2O2. The van der Waals surface area contributed by atoms with E-state index in [0.29, 0.717) is 24.2 Å². The van der Waals surface area contributed by atoms with Gasteiger partial charge in [0.1, 0.15) is 0 Å². The molecular weight excluding hydrogens is 271 g/mol. The van der Waals surface area contributed by atoms with Crippen molar-refractivity contribution in [3.05, 3.63) is 53.8 Å². The Morgan fingerprint density at radius 3 is 2.57 bits per heavy atom. The predicted octanol–water partition coefficient (Wildman–Crippen LogP) is 2.99. The van der Waals surface area contributed by atoms with Gasteiger partial charge in [0, 0.05) is 23.9 Å². The molecule has 0 fully saturated rings. The van der Waals surface area contributed by atoms with Gasteiger partial charge in [-0.1, -0.05) is 12.1 Å². The second-order valence-corrected chi connectivity index (χ2v) is 4.64. The van der Waals surface area contributed by atoms with Crippen LogP contribution >= 0.6 is 0 Å². The lowest BCUT2D eigenvalue weighted by atomic mass is 10.1. The summed E-state index contributed by atoms with van der Waals surface area (Å²) in [6.07, 6.45) is 0.919. The number of hydrogen-bond acceptors (Lipinski definition) is 3. The van der Waals surface area contributed by atoms with Crippen LogP contribution in [0, 0.1) is 5.82 Å². The van der Waals surface area contributed by atoms with E-state index >= 15 is 0 Å². The number of ether oxygens (including phenoxy) is 1. The Kier molecular flexibility index (Phi) is 4.77. The number of rotatable bonds is 5. The molecule has 0 radical (unpaired) electrons. The minimum Gasteiger partial charge on any atom is -0.494 e. The molecule has 2 aromatic rings. The number of benzene rings is 2. The number of nitrogens with one attached hydrogen (secondary N) is 1. The average molecular weight is 288 g/mol. The number of carbonyl (C=O) groups excluding carboxylic acids is 1. The van der Waals surface area contributed by atoms with E-state index in [1.54, 1.807) is 18.2 Å². The van der Waals surface area contributed by atoms with Gasteiger partial charge in [-0.15, -0.1) is 0 Å². The fourth-order valence-corrected chi connectivity index (χ4v) is 1.91. The van der Waals surface area contributed by atoms with Gasteiger partial charge in [-0.2, -0.15) is 0 Å². The summed E-state index contributed by atoms with van der Waals surface area (Å²) in [5.74, 6) is -0.528. The molecule has 0 heterocycles. The highest BCUT2D eigenvalue weighted by atomic mass is 19.1. The van der Waals surface area contributed by atoms with Crippen LogP contribution in [-0.2, 0) is 11.2 Å². The first-order valence-electron chi connectivity index (χ1n) is 6.56. The first kappa shape index (κ1) is 14.8. The van der Waals surface area contributed by atoms with Crippen molar-refractivity contribution in [2.24, 2.45) is 0 Å². The summed E-state index contributed by atoms with van der Waals surface area (Å²) < 4.78 is 18.3. The van der Waals surface area contributed by atoms with Crippen LogP contribution in [0.5, 0.6) is 5.75 Å². The summed E-state index contributed by atoms with van der Waals surface area (Å²) in [6, 6.07) is 11.7. The lowest BCUT2D eigenvalue weighted by Crippen LogP contribution is -2.12. The predicted molar refractivity (Wildman–Crippen MR) is 80.8 cm³/mol. The van der Waals surface area contributed by atoms with Crippen LogP contribution in [0.1, 0.15) is 12.0 Å². The van der Waals surface area contributed by atoms with Gasteiger partial charge >= 0.3 is 0 Å². The molecule has 110 valence electrons. The minimum atomic E-state index is -0.506. The summed E-state index contributed by atoms with van der Waals surface area (Å²) >= 11 is 0. The Bertz CT molecular complexity index is 627. The second-order valence-electron chi connectivity index (χ2n) is 4.64. The van der Waals surface area contributed by atoms with Crippen molar-refractivity contribution in [3.63, 3.8) is 0 Å². The highest BCUT2D eigenvalue weighted by Gasteiger charge is 2.07. The molecule has 1 amide bonds. The Labute approximate surface area is 122 Å². The molecule has 0 aliphatic rings. The molecule has 0 spiro atoms. The first-order chi connectivity index (χ1) is 10.1. The Balaban J connectivity index is 1.89. The van der Waals surface area contributed by atoms with Crippen LogP contribution in [0.2, 0.25) is 0 Å². The summed E-state index contributed by atoms with van der Waals surface area (Å²) in [4.78, 5) is 11.8. The quantitative estimate of drug-likeness (QED) is 0.831. The summed E-state index contributed by atoms with van der Waals surface area (Å²) in [7, 11) is 1.39. The van der Waals surface area contributed by atoms with Gasteiger partial charge in [-0.05, 0) is 36.2 Å². The second kappa shape index (κ2) is 6.74. The van der Waals surface area contributed by atoms with Crippen molar-refractivity contribution in [3.8, 4) is 5.75 Å². The number of halogens is 1. The zero-order valence-corrected chi connectivity index (χ0v) is 11.7. The van der Waals surface area contributed by atoms with Crippen LogP contribution in [-0.4, -0.2) is 13.0 Å². The third-order valence-corrected chi connectivity index (χ3v) is 3.06. The smallest absolute Gasteiger partial charge is 0.224 e. The van der Waals surface area contributed by atoms with Gasteiger partial charge < -0.3 is 15.8 Å². The average Bonchev–Trinajstić information content (AvgIpc) is 2.47. The largest absolute Gasteiger partial charge is 0.494 e. The third-order valence-electron chi connectivity index (χ3n) is 3.06. The van der Waals surface area contributed by atoms with E-state index in [4.69, 9.17) is 10.5 Å². The van der Waals surface area contributed by atoms with Gasteiger partial charge in [-0.25, -0.2) is 4.39 Å². The SMILES string of the molecule is COc1ccc(NC(=O)CCc2ccc(N)cc2)cc1F. The van der Waals surface area contributed by atoms with Crippen LogP contribution in [0.25, 0.3) is 0 Å². The Morgan fingerprint density at radius 2 is 1.95 bits per heavy atom. The normalized spacial score (nSPS) is 10.2. The van der Waals surface area contributed by atoms with Crippen molar-refractivity contribution in [1.82, 2.24) is 0 Å². The lowest BCUT2D eigenvalue weighted by molar-refractivity contribution is -0.116. The Morgan fingerprint density at radius 1 is 1.24 bits per heavy atom.